The van der Waals surface area contributed by atoms with Crippen LogP contribution in [0.15, 0.2) is 42.9 Å². The number of nitrogens with two attached hydrogens (primary N) is 1. The van der Waals surface area contributed by atoms with E-state index >= 15 is 0 Å². The summed E-state index contributed by atoms with van der Waals surface area (Å²) in [7, 11) is 0. The lowest BCUT2D eigenvalue weighted by Crippen LogP contribution is -2.59. The highest BCUT2D eigenvalue weighted by atomic mass is 16.4. The summed E-state index contributed by atoms with van der Waals surface area (Å²) in [4.78, 5) is 57.3. The topological polar surface area (TPSA) is 179 Å². The predicted molar refractivity (Wildman–Crippen MR) is 134 cm³/mol. The molecular weight excluding hydrogens is 464 g/mol. The second-order valence-corrected chi connectivity index (χ2v) is 9.44. The van der Waals surface area contributed by atoms with Gasteiger partial charge >= 0.3 is 5.97 Å². The smallest absolute Gasteiger partial charge is 0.326 e. The number of rotatable bonds is 13. The monoisotopic (exact) mass is 500 g/mol. The molecule has 0 aliphatic carbocycles. The number of carbonyl (C=O) groups excluding carboxylic acids is 3. The van der Waals surface area contributed by atoms with Crippen molar-refractivity contribution in [3.63, 3.8) is 0 Å². The van der Waals surface area contributed by atoms with E-state index < -0.39 is 47.9 Å². The van der Waals surface area contributed by atoms with Gasteiger partial charge in [-0.3, -0.25) is 14.4 Å². The molecule has 0 saturated heterocycles. The van der Waals surface area contributed by atoms with Crippen molar-refractivity contribution in [2.75, 3.05) is 0 Å². The van der Waals surface area contributed by atoms with Crippen LogP contribution >= 0.6 is 0 Å². The highest BCUT2D eigenvalue weighted by Gasteiger charge is 2.33. The number of aromatic nitrogens is 2. The molecule has 3 amide bonds. The average Bonchev–Trinajstić information content (AvgIpc) is 3.33. The van der Waals surface area contributed by atoms with Gasteiger partial charge in [-0.1, -0.05) is 58.0 Å². The fourth-order valence-corrected chi connectivity index (χ4v) is 3.61. The van der Waals surface area contributed by atoms with Gasteiger partial charge in [-0.15, -0.1) is 0 Å². The number of benzene rings is 1. The van der Waals surface area contributed by atoms with Gasteiger partial charge < -0.3 is 31.8 Å². The summed E-state index contributed by atoms with van der Waals surface area (Å²) < 4.78 is 0. The predicted octanol–water partition coefficient (Wildman–Crippen LogP) is 0.373. The second-order valence-electron chi connectivity index (χ2n) is 9.44. The maximum atomic E-state index is 13.1. The van der Waals surface area contributed by atoms with Crippen molar-refractivity contribution in [1.82, 2.24) is 25.9 Å². The lowest BCUT2D eigenvalue weighted by Gasteiger charge is -2.28. The maximum absolute atomic E-state index is 13.1. The Morgan fingerprint density at radius 3 is 1.94 bits per heavy atom. The Kier molecular flexibility index (Phi) is 10.6. The second kappa shape index (κ2) is 13.4. The minimum absolute atomic E-state index is 0.0968. The lowest BCUT2D eigenvalue weighted by atomic mass is 9.98. The van der Waals surface area contributed by atoms with Gasteiger partial charge in [0.15, 0.2) is 0 Å². The third-order valence-electron chi connectivity index (χ3n) is 5.72. The summed E-state index contributed by atoms with van der Waals surface area (Å²) in [5.41, 5.74) is 7.43. The van der Waals surface area contributed by atoms with Crippen LogP contribution in [-0.2, 0) is 32.0 Å². The van der Waals surface area contributed by atoms with Gasteiger partial charge in [0.2, 0.25) is 17.7 Å². The molecule has 0 spiro atoms. The fourth-order valence-electron chi connectivity index (χ4n) is 3.61. The Labute approximate surface area is 210 Å². The number of imidazole rings is 1. The summed E-state index contributed by atoms with van der Waals surface area (Å²) in [6.45, 7) is 6.99. The number of hydrogen-bond acceptors (Lipinski definition) is 6. The first-order valence-electron chi connectivity index (χ1n) is 11.9. The number of amides is 3. The normalized spacial score (nSPS) is 14.5. The average molecular weight is 501 g/mol. The Morgan fingerprint density at radius 2 is 1.44 bits per heavy atom. The van der Waals surface area contributed by atoms with Crippen LogP contribution < -0.4 is 21.7 Å². The molecule has 2 aromatic rings. The van der Waals surface area contributed by atoms with Crippen molar-refractivity contribution in [3.8, 4) is 0 Å². The molecule has 11 nitrogen and oxygen atoms in total. The quantitative estimate of drug-likeness (QED) is 0.230. The molecule has 1 aromatic heterocycles. The third-order valence-corrected chi connectivity index (χ3v) is 5.72. The highest BCUT2D eigenvalue weighted by Crippen LogP contribution is 2.09. The van der Waals surface area contributed by atoms with Crippen LogP contribution in [0.5, 0.6) is 0 Å². The van der Waals surface area contributed by atoms with Gasteiger partial charge in [-0.2, -0.15) is 0 Å². The summed E-state index contributed by atoms with van der Waals surface area (Å²) >= 11 is 0. The zero-order chi connectivity index (χ0) is 26.8. The number of carbonyl (C=O) groups is 4. The Hall–Kier alpha value is -3.73. The van der Waals surface area contributed by atoms with Gasteiger partial charge in [0.25, 0.3) is 0 Å². The number of carboxylic acids is 1. The maximum Gasteiger partial charge on any atom is 0.326 e. The molecule has 1 aromatic carbocycles. The number of H-pyrrole nitrogens is 1. The number of carboxylic acid groups (broad SMARTS) is 1. The van der Waals surface area contributed by atoms with E-state index in [-0.39, 0.29) is 24.7 Å². The van der Waals surface area contributed by atoms with Crippen molar-refractivity contribution in [1.29, 1.82) is 0 Å². The molecule has 196 valence electrons. The molecule has 4 unspecified atom stereocenters. The van der Waals surface area contributed by atoms with Crippen LogP contribution in [0.25, 0.3) is 0 Å². The number of aliphatic carboxylic acids is 1. The molecule has 1 heterocycles. The van der Waals surface area contributed by atoms with Gasteiger partial charge in [0.1, 0.15) is 18.1 Å². The summed E-state index contributed by atoms with van der Waals surface area (Å²) in [6, 6.07) is 4.91. The molecule has 0 aliphatic rings. The molecule has 11 heteroatoms. The zero-order valence-electron chi connectivity index (χ0n) is 21.0. The van der Waals surface area contributed by atoms with Gasteiger partial charge in [0, 0.05) is 24.7 Å². The summed E-state index contributed by atoms with van der Waals surface area (Å²) in [6.07, 6.45) is 3.36. The van der Waals surface area contributed by atoms with Crippen LogP contribution in [0.2, 0.25) is 0 Å². The SMILES string of the molecule is CC(C)C(NC(=O)C(N)Cc1cnc[nH]1)C(=O)NC(C(=O)NC(Cc1ccccc1)C(=O)O)C(C)C. The Morgan fingerprint density at radius 1 is 0.889 bits per heavy atom. The molecule has 0 saturated carbocycles. The number of hydrogen-bond donors (Lipinski definition) is 6. The summed E-state index contributed by atoms with van der Waals surface area (Å²) in [5.74, 6) is -3.51. The van der Waals surface area contributed by atoms with Crippen molar-refractivity contribution >= 4 is 23.7 Å². The molecule has 7 N–H and O–H groups in total. The van der Waals surface area contributed by atoms with E-state index in [1.807, 2.05) is 6.07 Å². The molecule has 4 atom stereocenters. The van der Waals surface area contributed by atoms with Gasteiger partial charge in [-0.05, 0) is 17.4 Å². The molecule has 2 rings (SSSR count). The van der Waals surface area contributed by atoms with Gasteiger partial charge in [0.05, 0.1) is 12.4 Å². The van der Waals surface area contributed by atoms with E-state index in [1.54, 1.807) is 58.2 Å². The van der Waals surface area contributed by atoms with E-state index in [9.17, 15) is 24.3 Å². The van der Waals surface area contributed by atoms with Crippen LogP contribution in [0.3, 0.4) is 0 Å². The van der Waals surface area contributed by atoms with E-state index in [0.29, 0.717) is 5.69 Å². The van der Waals surface area contributed by atoms with Crippen LogP contribution in [0.4, 0.5) is 0 Å². The van der Waals surface area contributed by atoms with Crippen molar-refractivity contribution in [2.24, 2.45) is 17.6 Å². The summed E-state index contributed by atoms with van der Waals surface area (Å²) in [5, 5.41) is 17.5. The van der Waals surface area contributed by atoms with E-state index in [2.05, 4.69) is 25.9 Å². The Balaban J connectivity index is 2.06. The minimum Gasteiger partial charge on any atom is -0.480 e. The standard InChI is InChI=1S/C25H36N6O5/c1-14(2)20(23(33)29-19(25(35)36)10-16-8-6-5-7-9-16)31-24(34)21(15(3)4)30-22(32)18(26)11-17-12-27-13-28-17/h5-9,12-15,18-21H,10-11,26H2,1-4H3,(H,27,28)(H,29,33)(H,30,32)(H,31,34)(H,35,36). The van der Waals surface area contributed by atoms with E-state index in [0.717, 1.165) is 5.56 Å². The zero-order valence-corrected chi connectivity index (χ0v) is 21.0. The fraction of sp³-hybridized carbons (Fsp3) is 0.480. The first-order chi connectivity index (χ1) is 17.0. The van der Waals surface area contributed by atoms with E-state index in [1.165, 1.54) is 6.33 Å². The molecule has 0 radical (unpaired) electrons. The Bertz CT molecular complexity index is 1010. The third kappa shape index (κ3) is 8.49. The van der Waals surface area contributed by atoms with Crippen LogP contribution in [0.1, 0.15) is 39.0 Å². The largest absolute Gasteiger partial charge is 0.480 e. The molecule has 0 aliphatic heterocycles. The van der Waals surface area contributed by atoms with Crippen molar-refractivity contribution in [2.45, 2.75) is 64.7 Å². The molecular formula is C25H36N6O5. The lowest BCUT2D eigenvalue weighted by molar-refractivity contribution is -0.142. The number of aromatic amines is 1. The van der Waals surface area contributed by atoms with Crippen LogP contribution in [0, 0.1) is 11.8 Å². The van der Waals surface area contributed by atoms with Crippen LogP contribution in [-0.4, -0.2) is 62.9 Å². The first kappa shape index (κ1) is 28.5. The van der Waals surface area contributed by atoms with E-state index in [4.69, 9.17) is 5.73 Å². The first-order valence-corrected chi connectivity index (χ1v) is 11.9. The number of nitrogens with one attached hydrogen (secondary N) is 4. The van der Waals surface area contributed by atoms with Gasteiger partial charge in [-0.25, -0.2) is 9.78 Å². The van der Waals surface area contributed by atoms with Crippen molar-refractivity contribution in [3.05, 3.63) is 54.1 Å². The van der Waals surface area contributed by atoms with Crippen molar-refractivity contribution < 1.29 is 24.3 Å². The molecule has 36 heavy (non-hydrogen) atoms. The molecule has 0 fully saturated rings. The number of nitrogens with zero attached hydrogens (tertiary/aromatic N) is 1. The highest BCUT2D eigenvalue weighted by molar-refractivity contribution is 5.94. The minimum atomic E-state index is -1.18. The molecule has 0 bridgehead atoms.